The van der Waals surface area contributed by atoms with Gasteiger partial charge in [0.15, 0.2) is 0 Å². The highest BCUT2D eigenvalue weighted by Gasteiger charge is 2.42. The molecule has 3 rings (SSSR count). The lowest BCUT2D eigenvalue weighted by Crippen LogP contribution is -2.41. The molecule has 114 valence electrons. The first-order valence-electron chi connectivity index (χ1n) is 7.84. The molecule has 0 atom stereocenters. The van der Waals surface area contributed by atoms with Crippen LogP contribution in [0.3, 0.4) is 0 Å². The predicted molar refractivity (Wildman–Crippen MR) is 82.5 cm³/mol. The summed E-state index contributed by atoms with van der Waals surface area (Å²) < 4.78 is 5.35. The van der Waals surface area contributed by atoms with Crippen LogP contribution in [0.2, 0.25) is 0 Å². The topological polar surface area (TPSA) is 54.5 Å². The molecule has 1 aliphatic carbocycles. The summed E-state index contributed by atoms with van der Waals surface area (Å²) in [5, 5.41) is 2.97. The molecule has 0 aromatic carbocycles. The van der Waals surface area contributed by atoms with Crippen molar-refractivity contribution in [3.05, 3.63) is 18.3 Å². The summed E-state index contributed by atoms with van der Waals surface area (Å²) in [6.45, 7) is 5.40. The third-order valence-electron chi connectivity index (χ3n) is 4.83. The lowest BCUT2D eigenvalue weighted by Gasteiger charge is -2.39. The normalized spacial score (nSPS) is 20.7. The summed E-state index contributed by atoms with van der Waals surface area (Å²) in [6.07, 6.45) is 5.90. The first kappa shape index (κ1) is 14.3. The third kappa shape index (κ3) is 2.88. The molecule has 1 saturated heterocycles. The van der Waals surface area contributed by atoms with Crippen LogP contribution in [0.5, 0.6) is 0 Å². The Hall–Kier alpha value is -1.62. The molecule has 1 aliphatic heterocycles. The molecule has 5 heteroatoms. The van der Waals surface area contributed by atoms with Gasteiger partial charge in [-0.3, -0.25) is 4.79 Å². The highest BCUT2D eigenvalue weighted by atomic mass is 16.5. The van der Waals surface area contributed by atoms with Crippen molar-refractivity contribution < 1.29 is 9.53 Å². The number of morpholine rings is 1. The molecule has 0 bridgehead atoms. The number of amides is 1. The van der Waals surface area contributed by atoms with E-state index in [2.05, 4.69) is 22.1 Å². The van der Waals surface area contributed by atoms with Crippen LogP contribution in [-0.4, -0.2) is 37.2 Å². The van der Waals surface area contributed by atoms with E-state index in [9.17, 15) is 4.79 Å². The van der Waals surface area contributed by atoms with Crippen molar-refractivity contribution in [3.63, 3.8) is 0 Å². The molecule has 1 aromatic rings. The molecule has 1 saturated carbocycles. The van der Waals surface area contributed by atoms with E-state index in [1.54, 1.807) is 0 Å². The van der Waals surface area contributed by atoms with Crippen molar-refractivity contribution in [1.29, 1.82) is 0 Å². The number of hydrogen-bond acceptors (Lipinski definition) is 4. The molecule has 1 N–H and O–H groups in total. The number of nitrogens with one attached hydrogen (secondary N) is 1. The zero-order valence-electron chi connectivity index (χ0n) is 12.6. The van der Waals surface area contributed by atoms with Gasteiger partial charge in [-0.1, -0.05) is 13.3 Å². The zero-order valence-corrected chi connectivity index (χ0v) is 12.6. The first-order chi connectivity index (χ1) is 10.2. The Morgan fingerprint density at radius 2 is 2.14 bits per heavy atom. The zero-order chi connectivity index (χ0) is 14.7. The van der Waals surface area contributed by atoms with Crippen molar-refractivity contribution >= 4 is 17.4 Å². The van der Waals surface area contributed by atoms with Crippen LogP contribution in [0.4, 0.5) is 11.5 Å². The van der Waals surface area contributed by atoms with Crippen LogP contribution in [0.15, 0.2) is 18.3 Å². The number of carbonyl (C=O) groups is 1. The summed E-state index contributed by atoms with van der Waals surface area (Å²) in [5.41, 5.74) is 0.940. The summed E-state index contributed by atoms with van der Waals surface area (Å²) in [6, 6.07) is 3.91. The van der Waals surface area contributed by atoms with Gasteiger partial charge in [-0.25, -0.2) is 4.98 Å². The average molecular weight is 289 g/mol. The van der Waals surface area contributed by atoms with E-state index >= 15 is 0 Å². The van der Waals surface area contributed by atoms with Gasteiger partial charge in [-0.05, 0) is 31.4 Å². The van der Waals surface area contributed by atoms with E-state index in [1.165, 1.54) is 0 Å². The Kier molecular flexibility index (Phi) is 4.10. The lowest BCUT2D eigenvalue weighted by molar-refractivity contribution is -0.130. The molecule has 1 aromatic heterocycles. The van der Waals surface area contributed by atoms with Gasteiger partial charge in [0, 0.05) is 18.5 Å². The Bertz CT molecular complexity index is 485. The number of ether oxygens (including phenoxy) is 1. The second-order valence-electron chi connectivity index (χ2n) is 5.94. The minimum absolute atomic E-state index is 0.128. The second-order valence-corrected chi connectivity index (χ2v) is 5.94. The highest BCUT2D eigenvalue weighted by Crippen LogP contribution is 2.44. The Labute approximate surface area is 125 Å². The van der Waals surface area contributed by atoms with Crippen LogP contribution < -0.4 is 10.2 Å². The van der Waals surface area contributed by atoms with Crippen LogP contribution >= 0.6 is 0 Å². The standard InChI is InChI=1S/C16H23N3O2/c1-2-16(6-3-7-16)15(20)18-14-5-4-13(12-17-14)19-8-10-21-11-9-19/h4-5,12H,2-3,6-11H2,1H3,(H,17,18,20). The monoisotopic (exact) mass is 289 g/mol. The first-order valence-corrected chi connectivity index (χ1v) is 7.84. The molecular weight excluding hydrogens is 266 g/mol. The van der Waals surface area contributed by atoms with Crippen LogP contribution in [-0.2, 0) is 9.53 Å². The van der Waals surface area contributed by atoms with E-state index in [-0.39, 0.29) is 11.3 Å². The largest absolute Gasteiger partial charge is 0.378 e. The van der Waals surface area contributed by atoms with Crippen LogP contribution in [0.1, 0.15) is 32.6 Å². The van der Waals surface area contributed by atoms with Gasteiger partial charge in [-0.15, -0.1) is 0 Å². The Morgan fingerprint density at radius 1 is 1.38 bits per heavy atom. The van der Waals surface area contributed by atoms with Crippen molar-refractivity contribution in [2.75, 3.05) is 36.5 Å². The van der Waals surface area contributed by atoms with E-state index in [0.717, 1.165) is 57.7 Å². The molecule has 2 heterocycles. The lowest BCUT2D eigenvalue weighted by atomic mass is 9.66. The summed E-state index contributed by atoms with van der Waals surface area (Å²) >= 11 is 0. The van der Waals surface area contributed by atoms with Crippen LogP contribution in [0.25, 0.3) is 0 Å². The quantitative estimate of drug-likeness (QED) is 0.925. The molecule has 2 fully saturated rings. The fraction of sp³-hybridized carbons (Fsp3) is 0.625. The number of carbonyl (C=O) groups excluding carboxylic acids is 1. The van der Waals surface area contributed by atoms with Gasteiger partial charge < -0.3 is 15.0 Å². The minimum Gasteiger partial charge on any atom is -0.378 e. The third-order valence-corrected chi connectivity index (χ3v) is 4.83. The van der Waals surface area contributed by atoms with Gasteiger partial charge in [0.1, 0.15) is 5.82 Å². The molecule has 2 aliphatic rings. The van der Waals surface area contributed by atoms with Crippen molar-refractivity contribution in [2.24, 2.45) is 5.41 Å². The van der Waals surface area contributed by atoms with E-state index < -0.39 is 0 Å². The maximum atomic E-state index is 12.4. The van der Waals surface area contributed by atoms with Crippen LogP contribution in [0, 0.1) is 5.41 Å². The summed E-state index contributed by atoms with van der Waals surface area (Å²) in [4.78, 5) is 19.0. The number of nitrogens with zero attached hydrogens (tertiary/aromatic N) is 2. The van der Waals surface area contributed by atoms with E-state index in [4.69, 9.17) is 4.74 Å². The molecule has 0 unspecified atom stereocenters. The molecule has 5 nitrogen and oxygen atoms in total. The van der Waals surface area contributed by atoms with E-state index in [1.807, 2.05) is 18.3 Å². The second kappa shape index (κ2) is 6.02. The van der Waals surface area contributed by atoms with E-state index in [0.29, 0.717) is 5.82 Å². The highest BCUT2D eigenvalue weighted by molar-refractivity contribution is 5.95. The number of pyridine rings is 1. The minimum atomic E-state index is -0.148. The van der Waals surface area contributed by atoms with Gasteiger partial charge in [-0.2, -0.15) is 0 Å². The SMILES string of the molecule is CCC1(C(=O)Nc2ccc(N3CCOCC3)cn2)CCC1. The van der Waals surface area contributed by atoms with Gasteiger partial charge in [0.25, 0.3) is 0 Å². The average Bonchev–Trinajstić information content (AvgIpc) is 2.48. The number of hydrogen-bond donors (Lipinski definition) is 1. The maximum Gasteiger partial charge on any atom is 0.231 e. The Balaban J connectivity index is 1.63. The number of rotatable bonds is 4. The van der Waals surface area contributed by atoms with Crippen molar-refractivity contribution in [3.8, 4) is 0 Å². The maximum absolute atomic E-state index is 12.4. The smallest absolute Gasteiger partial charge is 0.231 e. The number of aromatic nitrogens is 1. The van der Waals surface area contributed by atoms with Crippen molar-refractivity contribution in [2.45, 2.75) is 32.6 Å². The fourth-order valence-corrected chi connectivity index (χ4v) is 3.06. The molecule has 1 amide bonds. The fourth-order valence-electron chi connectivity index (χ4n) is 3.06. The molecule has 0 radical (unpaired) electrons. The summed E-state index contributed by atoms with van der Waals surface area (Å²) in [7, 11) is 0. The Morgan fingerprint density at radius 3 is 2.67 bits per heavy atom. The predicted octanol–water partition coefficient (Wildman–Crippen LogP) is 2.44. The van der Waals surface area contributed by atoms with Gasteiger partial charge in [0.2, 0.25) is 5.91 Å². The van der Waals surface area contributed by atoms with Gasteiger partial charge >= 0.3 is 0 Å². The molecule has 0 spiro atoms. The summed E-state index contributed by atoms with van der Waals surface area (Å²) in [5.74, 6) is 0.777. The van der Waals surface area contributed by atoms with Gasteiger partial charge in [0.05, 0.1) is 25.1 Å². The molecular formula is C16H23N3O2. The van der Waals surface area contributed by atoms with Crippen molar-refractivity contribution in [1.82, 2.24) is 4.98 Å². The number of anilines is 2. The molecule has 21 heavy (non-hydrogen) atoms.